The van der Waals surface area contributed by atoms with Gasteiger partial charge in [-0.05, 0) is 134 Å². The van der Waals surface area contributed by atoms with Crippen molar-refractivity contribution in [3.8, 4) is 0 Å². The molecule has 0 saturated heterocycles. The zero-order valence-electron chi connectivity index (χ0n) is 31.4. The lowest BCUT2D eigenvalue weighted by Crippen LogP contribution is -2.35. The third-order valence-corrected chi connectivity index (χ3v) is 14.2. The van der Waals surface area contributed by atoms with Crippen molar-refractivity contribution >= 4 is 56.7 Å². The fourth-order valence-corrected chi connectivity index (χ4v) is 10.7. The SMILES string of the molecule is CC(C)[C@@H]1CC[C@@H](C)C[C@H]1OC(=S)SCc1cc2c(CSC(=S)O[C@@H]3C[C@H](C)CC[C@H]3C(C)C)cc1CCCCCCCCCCCC2. The molecule has 2 fully saturated rings. The first-order valence-electron chi connectivity index (χ1n) is 19.9. The van der Waals surface area contributed by atoms with Gasteiger partial charge < -0.3 is 9.47 Å². The predicted octanol–water partition coefficient (Wildman–Crippen LogP) is 13.7. The van der Waals surface area contributed by atoms with Gasteiger partial charge in [0.2, 0.25) is 8.77 Å². The van der Waals surface area contributed by atoms with Gasteiger partial charge in [-0.2, -0.15) is 0 Å². The van der Waals surface area contributed by atoms with E-state index in [1.165, 1.54) is 112 Å². The molecule has 6 atom stereocenters. The van der Waals surface area contributed by atoms with E-state index >= 15 is 0 Å². The Morgan fingerprint density at radius 3 is 1.31 bits per heavy atom. The average molecular weight is 733 g/mol. The molecule has 5 rings (SSSR count). The van der Waals surface area contributed by atoms with Crippen LogP contribution in [0.25, 0.3) is 0 Å². The van der Waals surface area contributed by atoms with Crippen molar-refractivity contribution < 1.29 is 9.47 Å². The highest BCUT2D eigenvalue weighted by Gasteiger charge is 2.34. The molecule has 0 unspecified atom stereocenters. The van der Waals surface area contributed by atoms with Crippen LogP contribution in [0.5, 0.6) is 0 Å². The van der Waals surface area contributed by atoms with E-state index < -0.39 is 0 Å². The van der Waals surface area contributed by atoms with E-state index in [0.717, 1.165) is 57.8 Å². The molecule has 4 aliphatic carbocycles. The van der Waals surface area contributed by atoms with Crippen molar-refractivity contribution in [1.82, 2.24) is 0 Å². The molecule has 0 heterocycles. The van der Waals surface area contributed by atoms with E-state index in [0.29, 0.717) is 23.7 Å². The molecule has 2 saturated carbocycles. The van der Waals surface area contributed by atoms with Crippen LogP contribution in [-0.4, -0.2) is 21.0 Å². The van der Waals surface area contributed by atoms with E-state index in [9.17, 15) is 0 Å². The fourth-order valence-electron chi connectivity index (χ4n) is 8.66. The third kappa shape index (κ3) is 13.4. The summed E-state index contributed by atoms with van der Waals surface area (Å²) in [6.45, 7) is 14.1. The Bertz CT molecular complexity index is 1050. The third-order valence-electron chi connectivity index (χ3n) is 11.8. The van der Waals surface area contributed by atoms with Crippen LogP contribution in [0.4, 0.5) is 0 Å². The molecule has 0 spiro atoms. The number of benzene rings is 1. The lowest BCUT2D eigenvalue weighted by atomic mass is 9.75. The van der Waals surface area contributed by atoms with Crippen molar-refractivity contribution in [2.45, 2.75) is 181 Å². The number of thiocarbonyl (C=S) groups is 2. The average Bonchev–Trinajstić information content (AvgIpc) is 3.03. The van der Waals surface area contributed by atoms with Gasteiger partial charge in [-0.3, -0.25) is 0 Å². The van der Waals surface area contributed by atoms with E-state index in [-0.39, 0.29) is 12.2 Å². The van der Waals surface area contributed by atoms with Crippen LogP contribution in [-0.2, 0) is 33.8 Å². The molecular formula is C42H68O2S4. The normalized spacial score (nSPS) is 28.0. The molecule has 0 amide bonds. The van der Waals surface area contributed by atoms with Crippen LogP contribution in [0.2, 0.25) is 0 Å². The summed E-state index contributed by atoms with van der Waals surface area (Å²) >= 11 is 15.3. The van der Waals surface area contributed by atoms with Crippen molar-refractivity contribution in [2.75, 3.05) is 0 Å². The largest absolute Gasteiger partial charge is 0.475 e. The lowest BCUT2D eigenvalue weighted by molar-refractivity contribution is 0.0425. The minimum absolute atomic E-state index is 0.264. The first-order valence-corrected chi connectivity index (χ1v) is 22.7. The summed E-state index contributed by atoms with van der Waals surface area (Å²) in [7, 11) is 0. The zero-order valence-corrected chi connectivity index (χ0v) is 34.6. The van der Waals surface area contributed by atoms with Gasteiger partial charge in [0, 0.05) is 11.5 Å². The Morgan fingerprint density at radius 1 is 0.604 bits per heavy atom. The molecule has 4 aliphatic rings. The summed E-state index contributed by atoms with van der Waals surface area (Å²) in [5.41, 5.74) is 5.95. The Labute approximate surface area is 315 Å². The Balaban J connectivity index is 1.48. The molecule has 0 N–H and O–H groups in total. The van der Waals surface area contributed by atoms with Gasteiger partial charge >= 0.3 is 0 Å². The summed E-state index contributed by atoms with van der Waals surface area (Å²) in [6, 6.07) is 5.10. The maximum Gasteiger partial charge on any atom is 0.220 e. The van der Waals surface area contributed by atoms with Crippen LogP contribution in [0.3, 0.4) is 0 Å². The van der Waals surface area contributed by atoms with Crippen LogP contribution in [0.1, 0.15) is 167 Å². The Kier molecular flexibility index (Phi) is 17.9. The van der Waals surface area contributed by atoms with E-state index in [1.807, 2.05) is 0 Å². The van der Waals surface area contributed by atoms with E-state index in [1.54, 1.807) is 23.5 Å². The summed E-state index contributed by atoms with van der Waals surface area (Å²) in [6.07, 6.45) is 23.7. The maximum atomic E-state index is 6.58. The van der Waals surface area contributed by atoms with Crippen LogP contribution < -0.4 is 0 Å². The molecule has 0 aliphatic heterocycles. The van der Waals surface area contributed by atoms with Crippen molar-refractivity contribution in [3.05, 3.63) is 34.4 Å². The van der Waals surface area contributed by atoms with Gasteiger partial charge in [0.1, 0.15) is 12.2 Å². The van der Waals surface area contributed by atoms with Crippen molar-refractivity contribution in [3.63, 3.8) is 0 Å². The van der Waals surface area contributed by atoms with Crippen LogP contribution in [0, 0.1) is 35.5 Å². The van der Waals surface area contributed by atoms with Gasteiger partial charge in [-0.15, -0.1) is 0 Å². The number of hydrogen-bond acceptors (Lipinski definition) is 6. The number of thioether (sulfide) groups is 2. The van der Waals surface area contributed by atoms with Crippen LogP contribution in [0.15, 0.2) is 12.1 Å². The molecular weight excluding hydrogens is 665 g/mol. The number of rotatable bonds is 8. The van der Waals surface area contributed by atoms with Gasteiger partial charge in [0.05, 0.1) is 0 Å². The Morgan fingerprint density at radius 2 is 0.958 bits per heavy atom. The molecule has 0 radical (unpaired) electrons. The second-order valence-corrected chi connectivity index (χ2v) is 19.6. The second-order valence-electron chi connectivity index (χ2n) is 16.5. The zero-order chi connectivity index (χ0) is 34.5. The molecule has 2 nitrogen and oxygen atoms in total. The molecule has 1 aromatic rings. The highest BCUT2D eigenvalue weighted by Crippen LogP contribution is 2.38. The minimum atomic E-state index is 0.264. The quantitative estimate of drug-likeness (QED) is 0.246. The lowest BCUT2D eigenvalue weighted by Gasteiger charge is -2.37. The number of aryl methyl sites for hydroxylation is 2. The van der Waals surface area contributed by atoms with Crippen molar-refractivity contribution in [2.24, 2.45) is 35.5 Å². The van der Waals surface area contributed by atoms with Gasteiger partial charge in [-0.1, -0.05) is 141 Å². The minimum Gasteiger partial charge on any atom is -0.475 e. The molecule has 1 aromatic carbocycles. The molecule has 6 heteroatoms. The Hall–Kier alpha value is -0.300. The van der Waals surface area contributed by atoms with Gasteiger partial charge in [-0.25, -0.2) is 0 Å². The number of hydrogen-bond donors (Lipinski definition) is 0. The van der Waals surface area contributed by atoms with E-state index in [4.69, 9.17) is 33.9 Å². The first kappa shape index (κ1) is 40.5. The summed E-state index contributed by atoms with van der Waals surface area (Å²) in [5, 5.41) is 0. The van der Waals surface area contributed by atoms with Crippen LogP contribution >= 0.6 is 48.0 Å². The molecule has 48 heavy (non-hydrogen) atoms. The van der Waals surface area contributed by atoms with Gasteiger partial charge in [0.15, 0.2) is 0 Å². The molecule has 272 valence electrons. The highest BCUT2D eigenvalue weighted by molar-refractivity contribution is 8.22. The van der Waals surface area contributed by atoms with Gasteiger partial charge in [0.25, 0.3) is 0 Å². The van der Waals surface area contributed by atoms with Crippen molar-refractivity contribution in [1.29, 1.82) is 0 Å². The molecule has 2 bridgehead atoms. The summed E-state index contributed by atoms with van der Waals surface area (Å²) in [5.74, 6) is 5.74. The maximum absolute atomic E-state index is 6.58. The summed E-state index contributed by atoms with van der Waals surface area (Å²) < 4.78 is 14.7. The molecule has 0 aromatic heterocycles. The number of fused-ring (bicyclic) bond motifs is 13. The first-order chi connectivity index (χ1) is 23.1. The summed E-state index contributed by atoms with van der Waals surface area (Å²) in [4.78, 5) is 0. The predicted molar refractivity (Wildman–Crippen MR) is 220 cm³/mol. The highest BCUT2D eigenvalue weighted by atomic mass is 32.2. The van der Waals surface area contributed by atoms with E-state index in [2.05, 4.69) is 53.7 Å². The fraction of sp³-hybridized carbons (Fsp3) is 0.810. The topological polar surface area (TPSA) is 18.5 Å². The number of ether oxygens (including phenoxy) is 2. The standard InChI is InChI=1S/C42H68O2S4/c1-29(2)37-21-19-31(5)23-39(37)43-41(45)47-27-35-25-34-18-16-14-12-10-8-7-9-11-13-15-17-33(35)26-36(34)28-48-42(46)44-40-24-32(6)20-22-38(40)30(3)4/h25-26,29-32,37-40H,7-24,27-28H2,1-6H3/t31-,32-,37+,38+,39-,40-/m1/s1. The monoisotopic (exact) mass is 732 g/mol. The smallest absolute Gasteiger partial charge is 0.220 e. The second kappa shape index (κ2) is 21.3.